The molecular formula is C17H15NO4. The number of methoxy groups -OCH3 is 1. The summed E-state index contributed by atoms with van der Waals surface area (Å²) >= 11 is 0. The largest absolute Gasteiger partial charge is 0.496 e. The highest BCUT2D eigenvalue weighted by molar-refractivity contribution is 5.96. The van der Waals surface area contributed by atoms with Crippen LogP contribution >= 0.6 is 0 Å². The third-order valence-electron chi connectivity index (χ3n) is 3.34. The maximum Gasteiger partial charge on any atom is 0.338 e. The quantitative estimate of drug-likeness (QED) is 0.687. The van der Waals surface area contributed by atoms with Crippen molar-refractivity contribution in [1.82, 2.24) is 5.16 Å². The Morgan fingerprint density at radius 3 is 2.82 bits per heavy atom. The average molecular weight is 297 g/mol. The number of hydrogen-bond donors (Lipinski definition) is 0. The molecule has 3 aromatic rings. The van der Waals surface area contributed by atoms with Gasteiger partial charge in [-0.15, -0.1) is 0 Å². The van der Waals surface area contributed by atoms with Crippen molar-refractivity contribution in [3.63, 3.8) is 0 Å². The van der Waals surface area contributed by atoms with Crippen LogP contribution in [0.15, 0.2) is 47.0 Å². The summed E-state index contributed by atoms with van der Waals surface area (Å²) in [5.41, 5.74) is 1.86. The lowest BCUT2D eigenvalue weighted by atomic mass is 10.0. The lowest BCUT2D eigenvalue weighted by molar-refractivity contribution is 0.0526. The van der Waals surface area contributed by atoms with Crippen LogP contribution in [0.1, 0.15) is 17.3 Å². The molecule has 0 aliphatic carbocycles. The third kappa shape index (κ3) is 2.41. The predicted molar refractivity (Wildman–Crippen MR) is 82.0 cm³/mol. The lowest BCUT2D eigenvalue weighted by Gasteiger charge is -2.08. The number of aromatic nitrogens is 1. The number of benzene rings is 2. The number of hydrogen-bond acceptors (Lipinski definition) is 5. The fourth-order valence-electron chi connectivity index (χ4n) is 2.31. The van der Waals surface area contributed by atoms with E-state index in [1.165, 1.54) is 0 Å². The van der Waals surface area contributed by atoms with Gasteiger partial charge in [0.05, 0.1) is 24.8 Å². The van der Waals surface area contributed by atoms with E-state index in [0.717, 1.165) is 10.9 Å². The first kappa shape index (κ1) is 14.1. The summed E-state index contributed by atoms with van der Waals surface area (Å²) in [5.74, 6) is 0.795. The van der Waals surface area contributed by atoms with Crippen LogP contribution in [-0.4, -0.2) is 24.8 Å². The lowest BCUT2D eigenvalue weighted by Crippen LogP contribution is -2.05. The number of fused-ring (bicyclic) bond motifs is 1. The summed E-state index contributed by atoms with van der Waals surface area (Å²) in [5, 5.41) is 4.90. The molecule has 0 fully saturated rings. The van der Waals surface area contributed by atoms with Gasteiger partial charge in [0.1, 0.15) is 11.3 Å². The first-order valence-electron chi connectivity index (χ1n) is 6.94. The van der Waals surface area contributed by atoms with Gasteiger partial charge >= 0.3 is 5.97 Å². The van der Waals surface area contributed by atoms with Crippen molar-refractivity contribution in [2.45, 2.75) is 6.92 Å². The number of nitrogens with zero attached hydrogens (tertiary/aromatic N) is 1. The molecule has 22 heavy (non-hydrogen) atoms. The predicted octanol–water partition coefficient (Wildman–Crippen LogP) is 3.68. The second-order valence-electron chi connectivity index (χ2n) is 4.66. The van der Waals surface area contributed by atoms with Gasteiger partial charge < -0.3 is 14.0 Å². The van der Waals surface area contributed by atoms with E-state index in [2.05, 4.69) is 5.16 Å². The zero-order chi connectivity index (χ0) is 15.5. The fourth-order valence-corrected chi connectivity index (χ4v) is 2.31. The zero-order valence-electron chi connectivity index (χ0n) is 12.3. The van der Waals surface area contributed by atoms with E-state index in [1.807, 2.05) is 24.3 Å². The van der Waals surface area contributed by atoms with Crippen molar-refractivity contribution in [3.05, 3.63) is 48.0 Å². The van der Waals surface area contributed by atoms with Gasteiger partial charge in [0.15, 0.2) is 5.76 Å². The summed E-state index contributed by atoms with van der Waals surface area (Å²) < 4.78 is 15.9. The molecular weight excluding hydrogens is 282 g/mol. The van der Waals surface area contributed by atoms with Gasteiger partial charge in [-0.05, 0) is 37.3 Å². The number of esters is 1. The summed E-state index contributed by atoms with van der Waals surface area (Å²) in [4.78, 5) is 11.9. The van der Waals surface area contributed by atoms with Crippen LogP contribution in [0.25, 0.3) is 22.2 Å². The second-order valence-corrected chi connectivity index (χ2v) is 4.66. The SMILES string of the molecule is CCOC(=O)c1ccc(OC)c(-c2onc3ccccc23)c1. The average Bonchev–Trinajstić information content (AvgIpc) is 2.98. The van der Waals surface area contributed by atoms with Crippen molar-refractivity contribution in [2.75, 3.05) is 13.7 Å². The van der Waals surface area contributed by atoms with Crippen LogP contribution in [0.4, 0.5) is 0 Å². The van der Waals surface area contributed by atoms with Crippen LogP contribution in [0, 0.1) is 0 Å². The Morgan fingerprint density at radius 1 is 1.23 bits per heavy atom. The summed E-state index contributed by atoms with van der Waals surface area (Å²) in [7, 11) is 1.57. The van der Waals surface area contributed by atoms with E-state index < -0.39 is 0 Å². The van der Waals surface area contributed by atoms with Gasteiger partial charge in [-0.2, -0.15) is 0 Å². The Bertz CT molecular complexity index is 822. The van der Waals surface area contributed by atoms with E-state index in [0.29, 0.717) is 29.2 Å². The number of ether oxygens (including phenoxy) is 2. The number of carbonyl (C=O) groups excluding carboxylic acids is 1. The zero-order valence-corrected chi connectivity index (χ0v) is 12.3. The van der Waals surface area contributed by atoms with Crippen molar-refractivity contribution < 1.29 is 18.8 Å². The second kappa shape index (κ2) is 5.89. The summed E-state index contributed by atoms with van der Waals surface area (Å²) in [6.07, 6.45) is 0. The molecule has 5 heteroatoms. The Morgan fingerprint density at radius 2 is 2.05 bits per heavy atom. The molecule has 0 saturated carbocycles. The molecule has 0 saturated heterocycles. The first-order chi connectivity index (χ1) is 10.7. The number of carbonyl (C=O) groups is 1. The van der Waals surface area contributed by atoms with Crippen molar-refractivity contribution in [2.24, 2.45) is 0 Å². The van der Waals surface area contributed by atoms with Crippen LogP contribution in [0.2, 0.25) is 0 Å². The molecule has 0 N–H and O–H groups in total. The molecule has 0 unspecified atom stereocenters. The van der Waals surface area contributed by atoms with Crippen LogP contribution < -0.4 is 4.74 Å². The standard InChI is InChI=1S/C17H15NO4/c1-3-21-17(19)11-8-9-15(20-2)13(10-11)16-12-6-4-5-7-14(12)18-22-16/h4-10H,3H2,1-2H3. The summed E-state index contributed by atoms with van der Waals surface area (Å²) in [6, 6.07) is 12.7. The Balaban J connectivity index is 2.15. The van der Waals surface area contributed by atoms with Crippen molar-refractivity contribution in [1.29, 1.82) is 0 Å². The minimum atomic E-state index is -0.379. The minimum Gasteiger partial charge on any atom is -0.496 e. The molecule has 112 valence electrons. The van der Waals surface area contributed by atoms with Crippen molar-refractivity contribution in [3.8, 4) is 17.1 Å². The Kier molecular flexibility index (Phi) is 3.78. The molecule has 3 rings (SSSR count). The summed E-state index contributed by atoms with van der Waals surface area (Å²) in [6.45, 7) is 2.09. The molecule has 0 aliphatic rings. The Labute approximate surface area is 127 Å². The highest BCUT2D eigenvalue weighted by Crippen LogP contribution is 2.35. The van der Waals surface area contributed by atoms with Gasteiger partial charge in [0, 0.05) is 5.39 Å². The molecule has 5 nitrogen and oxygen atoms in total. The molecule has 0 radical (unpaired) electrons. The minimum absolute atomic E-state index is 0.325. The molecule has 2 aromatic carbocycles. The molecule has 1 heterocycles. The fraction of sp³-hybridized carbons (Fsp3) is 0.176. The van der Waals surface area contributed by atoms with Gasteiger partial charge in [-0.3, -0.25) is 0 Å². The molecule has 0 amide bonds. The molecule has 0 atom stereocenters. The van der Waals surface area contributed by atoms with Gasteiger partial charge in [0.2, 0.25) is 0 Å². The van der Waals surface area contributed by atoms with Crippen molar-refractivity contribution >= 4 is 16.9 Å². The highest BCUT2D eigenvalue weighted by Gasteiger charge is 2.18. The van der Waals surface area contributed by atoms with Crippen LogP contribution in [0.5, 0.6) is 5.75 Å². The van der Waals surface area contributed by atoms with E-state index in [-0.39, 0.29) is 5.97 Å². The molecule has 0 bridgehead atoms. The van der Waals surface area contributed by atoms with E-state index in [4.69, 9.17) is 14.0 Å². The third-order valence-corrected chi connectivity index (χ3v) is 3.34. The maximum atomic E-state index is 11.9. The molecule has 0 aliphatic heterocycles. The Hall–Kier alpha value is -2.82. The van der Waals surface area contributed by atoms with E-state index >= 15 is 0 Å². The van der Waals surface area contributed by atoms with Crippen LogP contribution in [-0.2, 0) is 4.74 Å². The van der Waals surface area contributed by atoms with Crippen LogP contribution in [0.3, 0.4) is 0 Å². The van der Waals surface area contributed by atoms with Gasteiger partial charge in [0.25, 0.3) is 0 Å². The van der Waals surface area contributed by atoms with Gasteiger partial charge in [-0.1, -0.05) is 17.3 Å². The topological polar surface area (TPSA) is 61.6 Å². The van der Waals surface area contributed by atoms with E-state index in [9.17, 15) is 4.79 Å². The first-order valence-corrected chi connectivity index (χ1v) is 6.94. The maximum absolute atomic E-state index is 11.9. The molecule has 0 spiro atoms. The highest BCUT2D eigenvalue weighted by atomic mass is 16.5. The normalized spacial score (nSPS) is 10.6. The molecule has 1 aromatic heterocycles. The smallest absolute Gasteiger partial charge is 0.338 e. The van der Waals surface area contributed by atoms with E-state index in [1.54, 1.807) is 32.2 Å². The number of rotatable bonds is 4. The van der Waals surface area contributed by atoms with Gasteiger partial charge in [-0.25, -0.2) is 4.79 Å². The monoisotopic (exact) mass is 297 g/mol.